The molecule has 2 aromatic carbocycles. The molecule has 1 fully saturated rings. The van der Waals surface area contributed by atoms with E-state index in [1.807, 2.05) is 23.6 Å². The van der Waals surface area contributed by atoms with Crippen molar-refractivity contribution < 1.29 is 14.6 Å². The van der Waals surface area contributed by atoms with Crippen LogP contribution in [0.1, 0.15) is 23.1 Å². The van der Waals surface area contributed by atoms with Crippen LogP contribution in [0.3, 0.4) is 0 Å². The normalized spacial score (nSPS) is 19.9. The van der Waals surface area contributed by atoms with E-state index >= 15 is 0 Å². The minimum absolute atomic E-state index is 0.0613. The van der Waals surface area contributed by atoms with Crippen LogP contribution >= 0.6 is 0 Å². The molecule has 1 aliphatic heterocycles. The van der Waals surface area contributed by atoms with Crippen molar-refractivity contribution in [3.05, 3.63) is 59.7 Å². The van der Waals surface area contributed by atoms with Crippen LogP contribution in [0.25, 0.3) is 0 Å². The van der Waals surface area contributed by atoms with E-state index < -0.39 is 5.91 Å². The third-order valence-corrected chi connectivity index (χ3v) is 4.08. The molecule has 24 heavy (non-hydrogen) atoms. The molecule has 0 spiro atoms. The molecule has 7 heteroatoms. The van der Waals surface area contributed by atoms with Crippen molar-refractivity contribution in [1.82, 2.24) is 16.3 Å². The maximum absolute atomic E-state index is 11.1. The van der Waals surface area contributed by atoms with Gasteiger partial charge in [-0.2, -0.15) is 0 Å². The molecule has 6 N–H and O–H groups in total. The Kier molecular flexibility index (Phi) is 4.95. The van der Waals surface area contributed by atoms with E-state index in [1.165, 1.54) is 11.6 Å². The van der Waals surface area contributed by atoms with Crippen LogP contribution in [-0.2, 0) is 4.79 Å². The molecule has 2 unspecified atom stereocenters. The molecule has 7 nitrogen and oxygen atoms in total. The zero-order valence-corrected chi connectivity index (χ0v) is 13.0. The SMILES string of the molecule is NNC(=O)COc1ccc(C2NNCC2c2ccccc2)c(O)c1. The molecule has 1 saturated heterocycles. The number of nitrogens with one attached hydrogen (secondary N) is 3. The first-order valence-corrected chi connectivity index (χ1v) is 7.67. The van der Waals surface area contributed by atoms with Crippen LogP contribution < -0.4 is 26.9 Å². The maximum atomic E-state index is 11.1. The number of aromatic hydroxyl groups is 1. The van der Waals surface area contributed by atoms with E-state index in [1.54, 1.807) is 12.1 Å². The Morgan fingerprint density at radius 3 is 2.79 bits per heavy atom. The second kappa shape index (κ2) is 7.31. The fourth-order valence-corrected chi connectivity index (χ4v) is 2.87. The fraction of sp³-hybridized carbons (Fsp3) is 0.235. The van der Waals surface area contributed by atoms with Gasteiger partial charge in [-0.05, 0) is 11.6 Å². The number of ether oxygens (including phenoxy) is 1. The van der Waals surface area contributed by atoms with Gasteiger partial charge < -0.3 is 9.84 Å². The first-order chi connectivity index (χ1) is 11.7. The Morgan fingerprint density at radius 2 is 2.08 bits per heavy atom. The summed E-state index contributed by atoms with van der Waals surface area (Å²) in [5.41, 5.74) is 10.3. The zero-order chi connectivity index (χ0) is 16.9. The maximum Gasteiger partial charge on any atom is 0.271 e. The van der Waals surface area contributed by atoms with Crippen LogP contribution in [0, 0.1) is 0 Å². The zero-order valence-electron chi connectivity index (χ0n) is 13.0. The third-order valence-electron chi connectivity index (χ3n) is 4.08. The van der Waals surface area contributed by atoms with Gasteiger partial charge in [0.25, 0.3) is 5.91 Å². The van der Waals surface area contributed by atoms with Gasteiger partial charge in [-0.3, -0.25) is 15.6 Å². The second-order valence-corrected chi connectivity index (χ2v) is 5.60. The number of benzene rings is 2. The average molecular weight is 328 g/mol. The number of carbonyl (C=O) groups is 1. The van der Waals surface area contributed by atoms with E-state index in [-0.39, 0.29) is 24.3 Å². The molecule has 1 aliphatic rings. The van der Waals surface area contributed by atoms with Gasteiger partial charge in [0.1, 0.15) is 11.5 Å². The van der Waals surface area contributed by atoms with Gasteiger partial charge in [-0.1, -0.05) is 36.4 Å². The average Bonchev–Trinajstić information content (AvgIpc) is 3.10. The summed E-state index contributed by atoms with van der Waals surface area (Å²) in [6.45, 7) is 0.564. The van der Waals surface area contributed by atoms with Crippen LogP contribution in [0.15, 0.2) is 48.5 Å². The number of nitrogens with two attached hydrogens (primary N) is 1. The van der Waals surface area contributed by atoms with E-state index in [4.69, 9.17) is 10.6 Å². The van der Waals surface area contributed by atoms with Crippen molar-refractivity contribution >= 4 is 5.91 Å². The van der Waals surface area contributed by atoms with Gasteiger partial charge >= 0.3 is 0 Å². The minimum Gasteiger partial charge on any atom is -0.507 e. The lowest BCUT2D eigenvalue weighted by atomic mass is 9.88. The quantitative estimate of drug-likeness (QED) is 0.314. The molecule has 0 aromatic heterocycles. The first-order valence-electron chi connectivity index (χ1n) is 7.67. The molecule has 1 heterocycles. The molecule has 126 valence electrons. The van der Waals surface area contributed by atoms with Gasteiger partial charge in [0, 0.05) is 24.1 Å². The van der Waals surface area contributed by atoms with Gasteiger partial charge in [0.2, 0.25) is 0 Å². The van der Waals surface area contributed by atoms with Crippen LogP contribution in [0.5, 0.6) is 11.5 Å². The van der Waals surface area contributed by atoms with Crippen molar-refractivity contribution in [2.45, 2.75) is 12.0 Å². The number of carbonyl (C=O) groups excluding carboxylic acids is 1. The third kappa shape index (κ3) is 3.48. The first kappa shape index (κ1) is 16.3. The highest BCUT2D eigenvalue weighted by atomic mass is 16.5. The van der Waals surface area contributed by atoms with Crippen LogP contribution in [-0.4, -0.2) is 24.2 Å². The molecule has 0 radical (unpaired) electrons. The smallest absolute Gasteiger partial charge is 0.271 e. The van der Waals surface area contributed by atoms with Gasteiger partial charge in [0.05, 0.1) is 6.04 Å². The summed E-state index contributed by atoms with van der Waals surface area (Å²) < 4.78 is 5.28. The number of rotatable bonds is 5. The number of phenolic OH excluding ortho intramolecular Hbond substituents is 1. The summed E-state index contributed by atoms with van der Waals surface area (Å²) in [6.07, 6.45) is 0. The summed E-state index contributed by atoms with van der Waals surface area (Å²) in [5, 5.41) is 10.4. The number of amides is 1. The van der Waals surface area contributed by atoms with Crippen molar-refractivity contribution in [1.29, 1.82) is 0 Å². The predicted octanol–water partition coefficient (Wildman–Crippen LogP) is 0.694. The Balaban J connectivity index is 1.77. The molecular weight excluding hydrogens is 308 g/mol. The number of phenols is 1. The highest BCUT2D eigenvalue weighted by Crippen LogP contribution is 2.38. The molecule has 0 saturated carbocycles. The molecule has 0 bridgehead atoms. The lowest BCUT2D eigenvalue weighted by Gasteiger charge is -2.20. The molecule has 2 atom stereocenters. The highest BCUT2D eigenvalue weighted by molar-refractivity contribution is 5.76. The monoisotopic (exact) mass is 328 g/mol. The van der Waals surface area contributed by atoms with Crippen molar-refractivity contribution in [2.75, 3.05) is 13.2 Å². The molecule has 1 amide bonds. The predicted molar refractivity (Wildman–Crippen MR) is 89.0 cm³/mol. The largest absolute Gasteiger partial charge is 0.507 e. The van der Waals surface area contributed by atoms with E-state index in [0.717, 1.165) is 12.1 Å². The van der Waals surface area contributed by atoms with Gasteiger partial charge in [-0.25, -0.2) is 11.3 Å². The Bertz CT molecular complexity index is 708. The summed E-state index contributed by atoms with van der Waals surface area (Å²) in [4.78, 5) is 11.1. The minimum atomic E-state index is -0.440. The Labute approximate surface area is 139 Å². The van der Waals surface area contributed by atoms with Crippen LogP contribution in [0.4, 0.5) is 0 Å². The summed E-state index contributed by atoms with van der Waals surface area (Å²) >= 11 is 0. The van der Waals surface area contributed by atoms with Crippen molar-refractivity contribution in [2.24, 2.45) is 5.84 Å². The summed E-state index contributed by atoms with van der Waals surface area (Å²) in [6, 6.07) is 15.1. The lowest BCUT2D eigenvalue weighted by Crippen LogP contribution is -2.34. The molecule has 3 rings (SSSR count). The van der Waals surface area contributed by atoms with E-state index in [2.05, 4.69) is 23.0 Å². The molecule has 2 aromatic rings. The second-order valence-electron chi connectivity index (χ2n) is 5.60. The highest BCUT2D eigenvalue weighted by Gasteiger charge is 2.31. The molecule has 0 aliphatic carbocycles. The standard InChI is InChI=1S/C17H20N4O3/c18-20-16(23)10-24-12-6-7-13(15(22)8-12)17-14(9-19-21-17)11-4-2-1-3-5-11/h1-8,14,17,19,21-22H,9-10,18H2,(H,20,23). The van der Waals surface area contributed by atoms with Gasteiger partial charge in [0.15, 0.2) is 6.61 Å². The number of hydrogen-bond donors (Lipinski definition) is 5. The summed E-state index contributed by atoms with van der Waals surface area (Å²) in [7, 11) is 0. The van der Waals surface area contributed by atoms with Gasteiger partial charge in [-0.15, -0.1) is 0 Å². The van der Waals surface area contributed by atoms with E-state index in [9.17, 15) is 9.90 Å². The summed E-state index contributed by atoms with van der Waals surface area (Å²) in [5.74, 6) is 5.28. The number of hydrazine groups is 2. The Morgan fingerprint density at radius 1 is 1.29 bits per heavy atom. The fourth-order valence-electron chi connectivity index (χ4n) is 2.87. The lowest BCUT2D eigenvalue weighted by molar-refractivity contribution is -0.123. The van der Waals surface area contributed by atoms with Crippen molar-refractivity contribution in [3.63, 3.8) is 0 Å². The van der Waals surface area contributed by atoms with Crippen LogP contribution in [0.2, 0.25) is 0 Å². The van der Waals surface area contributed by atoms with E-state index in [0.29, 0.717) is 5.75 Å². The molecular formula is C17H20N4O3. The number of hydrogen-bond acceptors (Lipinski definition) is 6. The van der Waals surface area contributed by atoms with Crippen molar-refractivity contribution in [3.8, 4) is 11.5 Å². The topological polar surface area (TPSA) is 109 Å². The Hall–Kier alpha value is -2.61.